The van der Waals surface area contributed by atoms with Crippen LogP contribution < -0.4 is 0 Å². The summed E-state index contributed by atoms with van der Waals surface area (Å²) in [6, 6.07) is -0.590. The van der Waals surface area contributed by atoms with Gasteiger partial charge in [-0.3, -0.25) is 4.79 Å². The van der Waals surface area contributed by atoms with E-state index in [1.165, 1.54) is 19.1 Å². The second-order valence-electron chi connectivity index (χ2n) is 3.46. The van der Waals surface area contributed by atoms with Gasteiger partial charge in [0.1, 0.15) is 19.6 Å². The number of carbonyl (C=O) groups excluding carboxylic acids is 1. The maximum absolute atomic E-state index is 11.6. The highest BCUT2D eigenvalue weighted by Gasteiger charge is 2.51. The largest absolute Gasteiger partial charge is 0.394 e. The summed E-state index contributed by atoms with van der Waals surface area (Å²) in [4.78, 5) is 12.9. The Hall–Kier alpha value is -0.730. The fourth-order valence-electron chi connectivity index (χ4n) is 1.66. The number of rotatable bonds is 7. The molecule has 1 amide bonds. The lowest BCUT2D eigenvalue weighted by Crippen LogP contribution is -2.70. The number of aliphatic hydroxyl groups excluding tert-OH is 2. The standard InChI is InChI=1S/C9H17NO6/c1-14-4-10-7(6(12)3-11)8(9(10)13)16-5-15-2/h6-8,11-12H,3-5H2,1-2H3/t6-,7?,8-/m1/s1. The van der Waals surface area contributed by atoms with E-state index in [1.807, 2.05) is 0 Å². The Labute approximate surface area is 93.5 Å². The maximum Gasteiger partial charge on any atom is 0.256 e. The number of likely N-dealkylation sites (tertiary alicyclic amines) is 1. The predicted molar refractivity (Wildman–Crippen MR) is 52.4 cm³/mol. The highest BCUT2D eigenvalue weighted by atomic mass is 16.7. The van der Waals surface area contributed by atoms with Crippen LogP contribution in [0.15, 0.2) is 0 Å². The molecule has 1 heterocycles. The topological polar surface area (TPSA) is 88.5 Å². The minimum absolute atomic E-state index is 0.0358. The highest BCUT2D eigenvalue weighted by Crippen LogP contribution is 2.25. The third-order valence-electron chi connectivity index (χ3n) is 2.41. The van der Waals surface area contributed by atoms with Crippen molar-refractivity contribution >= 4 is 5.91 Å². The number of carbonyl (C=O) groups is 1. The smallest absolute Gasteiger partial charge is 0.256 e. The molecule has 1 rings (SSSR count). The van der Waals surface area contributed by atoms with Gasteiger partial charge in [0.15, 0.2) is 6.10 Å². The molecule has 0 radical (unpaired) electrons. The minimum Gasteiger partial charge on any atom is -0.394 e. The fourth-order valence-corrected chi connectivity index (χ4v) is 1.66. The lowest BCUT2D eigenvalue weighted by molar-refractivity contribution is -0.210. The number of hydrogen-bond donors (Lipinski definition) is 2. The van der Waals surface area contributed by atoms with Crippen molar-refractivity contribution in [3.05, 3.63) is 0 Å². The normalized spacial score (nSPS) is 26.8. The van der Waals surface area contributed by atoms with E-state index in [1.54, 1.807) is 0 Å². The van der Waals surface area contributed by atoms with Gasteiger partial charge in [-0.2, -0.15) is 0 Å². The second kappa shape index (κ2) is 6.12. The lowest BCUT2D eigenvalue weighted by atomic mass is 9.93. The molecule has 0 aromatic carbocycles. The average Bonchev–Trinajstić information content (AvgIpc) is 2.30. The average molecular weight is 235 g/mol. The monoisotopic (exact) mass is 235 g/mol. The predicted octanol–water partition coefficient (Wildman–Crippen LogP) is -1.86. The number of β-lactam (4-membered cyclic amide) rings is 1. The van der Waals surface area contributed by atoms with Crippen LogP contribution in [-0.2, 0) is 19.0 Å². The summed E-state index contributed by atoms with van der Waals surface area (Å²) in [5, 5.41) is 18.4. The molecule has 0 spiro atoms. The van der Waals surface area contributed by atoms with Gasteiger partial charge in [0.2, 0.25) is 0 Å². The van der Waals surface area contributed by atoms with E-state index in [9.17, 15) is 9.90 Å². The molecule has 16 heavy (non-hydrogen) atoms. The van der Waals surface area contributed by atoms with Crippen molar-refractivity contribution in [1.82, 2.24) is 4.90 Å². The number of nitrogens with zero attached hydrogens (tertiary/aromatic N) is 1. The molecule has 1 unspecified atom stereocenters. The van der Waals surface area contributed by atoms with Crippen LogP contribution in [0, 0.1) is 0 Å². The van der Waals surface area contributed by atoms with Crippen LogP contribution in [0.5, 0.6) is 0 Å². The van der Waals surface area contributed by atoms with Gasteiger partial charge in [-0.05, 0) is 0 Å². The molecule has 0 aliphatic carbocycles. The summed E-state index contributed by atoms with van der Waals surface area (Å²) in [7, 11) is 2.88. The Morgan fingerprint density at radius 1 is 1.44 bits per heavy atom. The molecule has 0 saturated carbocycles. The van der Waals surface area contributed by atoms with E-state index >= 15 is 0 Å². The van der Waals surface area contributed by atoms with E-state index in [-0.39, 0.29) is 19.4 Å². The number of ether oxygens (including phenoxy) is 3. The molecular formula is C9H17NO6. The van der Waals surface area contributed by atoms with Crippen LogP contribution in [0.2, 0.25) is 0 Å². The van der Waals surface area contributed by atoms with Crippen molar-refractivity contribution in [2.75, 3.05) is 34.4 Å². The van der Waals surface area contributed by atoms with Gasteiger partial charge in [0.05, 0.1) is 12.6 Å². The molecule has 94 valence electrons. The minimum atomic E-state index is -1.05. The van der Waals surface area contributed by atoms with Crippen molar-refractivity contribution < 1.29 is 29.2 Å². The second-order valence-corrected chi connectivity index (χ2v) is 3.46. The van der Waals surface area contributed by atoms with Gasteiger partial charge >= 0.3 is 0 Å². The Balaban J connectivity index is 2.59. The Kier molecular flexibility index (Phi) is 5.10. The van der Waals surface area contributed by atoms with Crippen LogP contribution in [0.25, 0.3) is 0 Å². The fraction of sp³-hybridized carbons (Fsp3) is 0.889. The van der Waals surface area contributed by atoms with Gasteiger partial charge in [0.25, 0.3) is 5.91 Å². The Morgan fingerprint density at radius 3 is 2.62 bits per heavy atom. The van der Waals surface area contributed by atoms with Gasteiger partial charge in [0, 0.05) is 14.2 Å². The van der Waals surface area contributed by atoms with Crippen LogP contribution in [0.1, 0.15) is 0 Å². The van der Waals surface area contributed by atoms with Crippen molar-refractivity contribution in [2.24, 2.45) is 0 Å². The molecule has 1 fully saturated rings. The molecule has 0 aromatic heterocycles. The summed E-state index contributed by atoms with van der Waals surface area (Å²) in [5.74, 6) is -0.281. The van der Waals surface area contributed by atoms with E-state index < -0.39 is 24.9 Å². The molecule has 1 aliphatic rings. The summed E-state index contributed by atoms with van der Waals surface area (Å²) in [6.45, 7) is -0.412. The van der Waals surface area contributed by atoms with Crippen molar-refractivity contribution in [2.45, 2.75) is 18.2 Å². The number of hydrogen-bond acceptors (Lipinski definition) is 6. The van der Waals surface area contributed by atoms with Gasteiger partial charge in [-0.15, -0.1) is 0 Å². The van der Waals surface area contributed by atoms with Crippen molar-refractivity contribution in [3.63, 3.8) is 0 Å². The van der Waals surface area contributed by atoms with E-state index in [0.717, 1.165) is 0 Å². The molecule has 3 atom stereocenters. The molecular weight excluding hydrogens is 218 g/mol. The zero-order chi connectivity index (χ0) is 12.1. The summed E-state index contributed by atoms with van der Waals surface area (Å²) in [6.07, 6.45) is -1.83. The third-order valence-corrected chi connectivity index (χ3v) is 2.41. The quantitative estimate of drug-likeness (QED) is 0.397. The molecule has 7 nitrogen and oxygen atoms in total. The Bertz CT molecular complexity index is 236. The zero-order valence-corrected chi connectivity index (χ0v) is 9.33. The molecule has 7 heteroatoms. The SMILES string of the molecule is COCO[C@H]1C(=O)N(COC)C1[C@H](O)CO. The van der Waals surface area contributed by atoms with E-state index in [2.05, 4.69) is 4.74 Å². The van der Waals surface area contributed by atoms with Gasteiger partial charge in [-0.25, -0.2) is 0 Å². The van der Waals surface area contributed by atoms with Crippen molar-refractivity contribution in [1.29, 1.82) is 0 Å². The molecule has 1 aliphatic heterocycles. The van der Waals surface area contributed by atoms with Crippen LogP contribution in [-0.4, -0.2) is 73.6 Å². The summed E-state index contributed by atoms with van der Waals surface area (Å²) >= 11 is 0. The van der Waals surface area contributed by atoms with Gasteiger partial charge < -0.3 is 29.3 Å². The van der Waals surface area contributed by atoms with Crippen molar-refractivity contribution in [3.8, 4) is 0 Å². The number of aliphatic hydroxyl groups is 2. The van der Waals surface area contributed by atoms with Gasteiger partial charge in [-0.1, -0.05) is 0 Å². The zero-order valence-electron chi connectivity index (χ0n) is 9.33. The highest BCUT2D eigenvalue weighted by molar-refractivity contribution is 5.88. The maximum atomic E-state index is 11.6. The van der Waals surface area contributed by atoms with Crippen LogP contribution in [0.3, 0.4) is 0 Å². The Morgan fingerprint density at radius 2 is 2.12 bits per heavy atom. The molecule has 0 aromatic rings. The summed E-state index contributed by atoms with van der Waals surface area (Å²) in [5.41, 5.74) is 0. The van der Waals surface area contributed by atoms with E-state index in [4.69, 9.17) is 14.6 Å². The number of methoxy groups -OCH3 is 2. The molecule has 1 saturated heterocycles. The first kappa shape index (κ1) is 13.3. The molecule has 2 N–H and O–H groups in total. The first-order chi connectivity index (χ1) is 7.67. The summed E-state index contributed by atoms with van der Waals surface area (Å²) < 4.78 is 14.6. The van der Waals surface area contributed by atoms with E-state index in [0.29, 0.717) is 0 Å². The first-order valence-electron chi connectivity index (χ1n) is 4.86. The lowest BCUT2D eigenvalue weighted by Gasteiger charge is -2.47. The van der Waals surface area contributed by atoms with Crippen LogP contribution >= 0.6 is 0 Å². The third kappa shape index (κ3) is 2.50. The number of amides is 1. The van der Waals surface area contributed by atoms with Crippen LogP contribution in [0.4, 0.5) is 0 Å². The molecule has 0 bridgehead atoms. The first-order valence-corrected chi connectivity index (χ1v) is 4.86.